The number of piperidine rings is 1. The molecule has 6 fully saturated rings. The Morgan fingerprint density at radius 2 is 1.49 bits per heavy atom. The summed E-state index contributed by atoms with van der Waals surface area (Å²) in [6.07, 6.45) is 7.28. The van der Waals surface area contributed by atoms with E-state index in [1.807, 2.05) is 27.7 Å². The van der Waals surface area contributed by atoms with Gasteiger partial charge in [-0.1, -0.05) is 78.3 Å². The van der Waals surface area contributed by atoms with Gasteiger partial charge in [-0.25, -0.2) is 4.79 Å². The summed E-state index contributed by atoms with van der Waals surface area (Å²) in [4.78, 5) is 98.0. The molecule has 316 valence electrons. The number of carbonyl (C=O) groups is 7. The highest BCUT2D eigenvalue weighted by molar-refractivity contribution is 6.38. The maximum atomic E-state index is 14.5. The van der Waals surface area contributed by atoms with E-state index in [0.29, 0.717) is 36.3 Å². The molecule has 1 saturated heterocycles. The maximum Gasteiger partial charge on any atom is 0.315 e. The van der Waals surface area contributed by atoms with Crippen LogP contribution < -0.4 is 26.6 Å². The Labute approximate surface area is 339 Å². The van der Waals surface area contributed by atoms with E-state index in [0.717, 1.165) is 19.3 Å². The van der Waals surface area contributed by atoms with Crippen molar-refractivity contribution in [2.45, 2.75) is 123 Å². The van der Waals surface area contributed by atoms with Crippen molar-refractivity contribution in [2.24, 2.45) is 40.4 Å². The lowest BCUT2D eigenvalue weighted by Gasteiger charge is -2.56. The Morgan fingerprint density at radius 1 is 0.895 bits per heavy atom. The van der Waals surface area contributed by atoms with Gasteiger partial charge in [-0.15, -0.1) is 0 Å². The molecule has 5 aliphatic carbocycles. The molecule has 57 heavy (non-hydrogen) atoms. The highest BCUT2D eigenvalue weighted by Crippen LogP contribution is 2.65. The van der Waals surface area contributed by atoms with Crippen molar-refractivity contribution in [3.63, 3.8) is 0 Å². The molecule has 0 aromatic heterocycles. The summed E-state index contributed by atoms with van der Waals surface area (Å²) in [6, 6.07) is 4.32. The number of carbonyl (C=O) groups excluding carboxylic acids is 7. The molecule has 0 spiro atoms. The fraction of sp³-hybridized carbons (Fsp3) is 0.698. The average Bonchev–Trinajstić information content (AvgIpc) is 3.43. The van der Waals surface area contributed by atoms with E-state index in [2.05, 4.69) is 40.4 Å². The van der Waals surface area contributed by atoms with Crippen LogP contribution in [0.2, 0.25) is 0 Å². The van der Waals surface area contributed by atoms with Gasteiger partial charge in [-0.3, -0.25) is 28.8 Å². The largest absolute Gasteiger partial charge is 0.347 e. The number of urea groups is 1. The Bertz CT molecular complexity index is 1730. The molecule has 5 N–H and O–H groups in total. The minimum atomic E-state index is -1.20. The number of hydrogen-bond acceptors (Lipinski definition) is 7. The van der Waals surface area contributed by atoms with Crippen molar-refractivity contribution in [2.75, 3.05) is 27.2 Å². The van der Waals surface area contributed by atoms with Gasteiger partial charge in [0.2, 0.25) is 29.4 Å². The summed E-state index contributed by atoms with van der Waals surface area (Å²) in [6.45, 7) is 11.4. The van der Waals surface area contributed by atoms with E-state index in [9.17, 15) is 33.6 Å². The zero-order valence-corrected chi connectivity index (χ0v) is 34.9. The lowest BCUT2D eigenvalue weighted by Crippen LogP contribution is -2.65. The van der Waals surface area contributed by atoms with E-state index in [4.69, 9.17) is 0 Å². The monoisotopic (exact) mass is 794 g/mol. The molecule has 0 radical (unpaired) electrons. The first-order chi connectivity index (χ1) is 26.7. The first-order valence-corrected chi connectivity index (χ1v) is 20.8. The number of ketones is 1. The highest BCUT2D eigenvalue weighted by Gasteiger charge is 2.70. The van der Waals surface area contributed by atoms with Crippen LogP contribution in [0.4, 0.5) is 4.79 Å². The minimum Gasteiger partial charge on any atom is -0.347 e. The summed E-state index contributed by atoms with van der Waals surface area (Å²) in [5, 5.41) is 14.2. The third-order valence-corrected chi connectivity index (χ3v) is 13.5. The van der Waals surface area contributed by atoms with Crippen LogP contribution >= 0.6 is 0 Å². The van der Waals surface area contributed by atoms with Crippen molar-refractivity contribution in [3.8, 4) is 0 Å². The lowest BCUT2D eigenvalue weighted by molar-refractivity contribution is -0.145. The van der Waals surface area contributed by atoms with Crippen molar-refractivity contribution in [3.05, 3.63) is 35.9 Å². The van der Waals surface area contributed by atoms with Crippen LogP contribution in [0.3, 0.4) is 0 Å². The summed E-state index contributed by atoms with van der Waals surface area (Å²) in [5.74, 6) is -2.08. The van der Waals surface area contributed by atoms with Gasteiger partial charge in [0.25, 0.3) is 5.91 Å². The highest BCUT2D eigenvalue weighted by atomic mass is 16.2. The Balaban J connectivity index is 0.00000384. The normalized spacial score (nSPS) is 29.2. The number of likely N-dealkylation sites (N-methyl/N-ethyl adjacent to an activating group) is 1. The van der Waals surface area contributed by atoms with Crippen LogP contribution in [-0.4, -0.2) is 102 Å². The summed E-state index contributed by atoms with van der Waals surface area (Å²) >= 11 is 0. The SMILES string of the molecule is CCCC(NC(=O)[C@@H]1C2C(CN1C(=O)C(NC(=O)NC13CC4CC(CC(C4)C1)C3)C(C)(C)C)C2(C)C)C(=O)C(=O)NCC(=O)NC(C(=O)N(C)C)c1ccccc1.[HH].[HH]. The van der Waals surface area contributed by atoms with Crippen LogP contribution in [0.5, 0.6) is 0 Å². The Morgan fingerprint density at radius 3 is 2.04 bits per heavy atom. The van der Waals surface area contributed by atoms with E-state index >= 15 is 0 Å². The third-order valence-electron chi connectivity index (χ3n) is 13.5. The first-order valence-electron chi connectivity index (χ1n) is 20.8. The smallest absolute Gasteiger partial charge is 0.315 e. The predicted octanol–water partition coefficient (Wildman–Crippen LogP) is 3.56. The fourth-order valence-electron chi connectivity index (χ4n) is 10.9. The molecule has 7 rings (SSSR count). The number of rotatable bonds is 14. The number of benzene rings is 1. The number of fused-ring (bicyclic) bond motifs is 1. The number of amides is 7. The zero-order chi connectivity index (χ0) is 41.6. The molecule has 1 aromatic rings. The number of hydrogen-bond donors (Lipinski definition) is 5. The molecule has 14 heteroatoms. The van der Waals surface area contributed by atoms with Crippen LogP contribution in [0.1, 0.15) is 107 Å². The number of likely N-dealkylation sites (tertiary alicyclic amines) is 1. The van der Waals surface area contributed by atoms with Gasteiger partial charge in [-0.05, 0) is 90.9 Å². The van der Waals surface area contributed by atoms with Gasteiger partial charge >= 0.3 is 6.03 Å². The second kappa shape index (κ2) is 16.0. The van der Waals surface area contributed by atoms with Gasteiger partial charge in [0.15, 0.2) is 0 Å². The Hall–Kier alpha value is -4.49. The lowest BCUT2D eigenvalue weighted by atomic mass is 9.53. The van der Waals surface area contributed by atoms with Crippen LogP contribution in [-0.2, 0) is 28.8 Å². The molecule has 1 aliphatic heterocycles. The van der Waals surface area contributed by atoms with E-state index < -0.39 is 59.6 Å². The van der Waals surface area contributed by atoms with Gasteiger partial charge < -0.3 is 36.4 Å². The number of nitrogens with one attached hydrogen (secondary N) is 5. The molecular formula is C43H67N7O7. The van der Waals surface area contributed by atoms with Gasteiger partial charge in [0.1, 0.15) is 18.1 Å². The number of Topliss-reactive ketones (excluding diaryl/α,β-unsaturated/α-hetero) is 1. The molecule has 6 atom stereocenters. The van der Waals surface area contributed by atoms with Crippen LogP contribution in [0.25, 0.3) is 0 Å². The molecular weight excluding hydrogens is 727 g/mol. The molecule has 5 saturated carbocycles. The van der Waals surface area contributed by atoms with Gasteiger partial charge in [-0.2, -0.15) is 0 Å². The molecule has 1 heterocycles. The molecule has 5 unspecified atom stereocenters. The Kier molecular flexibility index (Phi) is 11.9. The standard InChI is InChI=1S/C43H63N7O7.2H2/c1-9-13-29(34(52)37(54)44-22-30(51)46-32(38(55)49(7)8)27-14-11-10-12-15-27)45-36(53)33-31-28(42(31,5)6)23-50(33)39(56)35(41(2,3)4)47-40(57)48-43-19-24-16-25(20-43)18-26(17-24)21-43;;/h10-12,14-15,24-26,28-29,31-33,35H,9,13,16-23H2,1-8H3,(H,44,54)(H,45,53)(H,46,51)(H2,47,48,57);2*1H/t24?,25?,26?,28?,29?,31?,32?,33-,35?,43?;;/m0../s1. The topological polar surface area (TPSA) is 186 Å². The van der Waals surface area contributed by atoms with E-state index in [1.54, 1.807) is 49.3 Å². The minimum absolute atomic E-state index is 0. The summed E-state index contributed by atoms with van der Waals surface area (Å²) < 4.78 is 0. The van der Waals surface area contributed by atoms with Crippen molar-refractivity contribution < 1.29 is 36.4 Å². The molecule has 4 bridgehead atoms. The maximum absolute atomic E-state index is 14.5. The van der Waals surface area contributed by atoms with E-state index in [-0.39, 0.29) is 49.9 Å². The molecule has 14 nitrogen and oxygen atoms in total. The number of nitrogens with zero attached hydrogens (tertiary/aromatic N) is 2. The molecule has 1 aromatic carbocycles. The summed E-state index contributed by atoms with van der Waals surface area (Å²) in [7, 11) is 3.14. The first kappa shape index (κ1) is 42.1. The molecule has 7 amide bonds. The third kappa shape index (κ3) is 8.84. The van der Waals surface area contributed by atoms with Gasteiger partial charge in [0, 0.05) is 29.0 Å². The molecule has 6 aliphatic rings. The van der Waals surface area contributed by atoms with E-state index in [1.165, 1.54) is 24.2 Å². The van der Waals surface area contributed by atoms with Gasteiger partial charge in [0.05, 0.1) is 12.6 Å². The second-order valence-corrected chi connectivity index (χ2v) is 19.5. The average molecular weight is 794 g/mol. The fourth-order valence-corrected chi connectivity index (χ4v) is 10.9. The zero-order valence-electron chi connectivity index (χ0n) is 34.9. The van der Waals surface area contributed by atoms with Crippen LogP contribution in [0, 0.1) is 40.4 Å². The van der Waals surface area contributed by atoms with Crippen molar-refractivity contribution in [1.29, 1.82) is 0 Å². The quantitative estimate of drug-likeness (QED) is 0.178. The van der Waals surface area contributed by atoms with Crippen LogP contribution in [0.15, 0.2) is 30.3 Å². The van der Waals surface area contributed by atoms with Crippen molar-refractivity contribution in [1.82, 2.24) is 36.4 Å². The van der Waals surface area contributed by atoms with Crippen molar-refractivity contribution >= 4 is 41.4 Å². The summed E-state index contributed by atoms with van der Waals surface area (Å²) in [5.41, 5.74) is -0.576. The predicted molar refractivity (Wildman–Crippen MR) is 217 cm³/mol. The second-order valence-electron chi connectivity index (χ2n) is 19.5.